The van der Waals surface area contributed by atoms with E-state index in [1.54, 1.807) is 0 Å². The van der Waals surface area contributed by atoms with Crippen molar-refractivity contribution in [2.45, 2.75) is 0 Å². The molecule has 1 N–H and O–H groups in total. The number of aromatic nitrogens is 1. The Labute approximate surface area is 102 Å². The quantitative estimate of drug-likeness (QED) is 0.655. The molecule has 0 aliphatic rings. The zero-order valence-corrected chi connectivity index (χ0v) is 10.5. The summed E-state index contributed by atoms with van der Waals surface area (Å²) >= 11 is 2.62. The molecule has 1 nitrogen and oxygen atoms in total. The molecule has 0 spiro atoms. The summed E-state index contributed by atoms with van der Waals surface area (Å²) in [5.41, 5.74) is 3.62. The van der Waals surface area contributed by atoms with Crippen molar-refractivity contribution in [3.8, 4) is 11.3 Å². The van der Waals surface area contributed by atoms with Gasteiger partial charge in [0.2, 0.25) is 0 Å². The van der Waals surface area contributed by atoms with E-state index in [-0.39, 0.29) is 0 Å². The summed E-state index contributed by atoms with van der Waals surface area (Å²) in [7, 11) is 0. The van der Waals surface area contributed by atoms with Gasteiger partial charge in [-0.25, -0.2) is 0 Å². The number of rotatable bonds is 1. The second-order valence-corrected chi connectivity index (χ2v) is 4.80. The Morgan fingerprint density at radius 3 is 2.44 bits per heavy atom. The molecule has 0 amide bonds. The molecule has 0 aliphatic heterocycles. The Morgan fingerprint density at radius 1 is 0.875 bits per heavy atom. The number of H-pyrrole nitrogens is 1. The van der Waals surface area contributed by atoms with Crippen LogP contribution in [0.4, 0.5) is 0 Å². The molecule has 0 fully saturated rings. The first-order valence-corrected chi connectivity index (χ1v) is 6.14. The molecular weight excluding hydrogens is 261 g/mol. The fourth-order valence-electron chi connectivity index (χ4n) is 1.92. The SMILES string of the molecule is [SeH]c1ccccc1-c1cc2ccccc2[nH]1. The van der Waals surface area contributed by atoms with Crippen LogP contribution in [-0.4, -0.2) is 21.0 Å². The standard InChI is InChI=1S/C14H11NSe/c16-14-8-4-2-6-11(14)13-9-10-5-1-3-7-12(10)15-13/h1-9,15-16H. The van der Waals surface area contributed by atoms with Gasteiger partial charge in [0, 0.05) is 0 Å². The topological polar surface area (TPSA) is 15.8 Å². The van der Waals surface area contributed by atoms with Crippen molar-refractivity contribution in [3.05, 3.63) is 54.6 Å². The van der Waals surface area contributed by atoms with Crippen LogP contribution >= 0.6 is 0 Å². The molecule has 0 saturated heterocycles. The molecule has 3 rings (SSSR count). The number of para-hydroxylation sites is 1. The van der Waals surface area contributed by atoms with Crippen molar-refractivity contribution in [3.63, 3.8) is 0 Å². The van der Waals surface area contributed by atoms with Crippen LogP contribution in [0.2, 0.25) is 0 Å². The van der Waals surface area contributed by atoms with Crippen molar-refractivity contribution >= 4 is 31.4 Å². The molecule has 0 bridgehead atoms. The molecule has 2 heteroatoms. The predicted octanol–water partition coefficient (Wildman–Crippen LogP) is 2.36. The van der Waals surface area contributed by atoms with Crippen molar-refractivity contribution in [1.29, 1.82) is 0 Å². The summed E-state index contributed by atoms with van der Waals surface area (Å²) in [4.78, 5) is 3.44. The van der Waals surface area contributed by atoms with Gasteiger partial charge in [-0.15, -0.1) is 0 Å². The first-order valence-electron chi connectivity index (χ1n) is 5.21. The Hall–Kier alpha value is -1.50. The van der Waals surface area contributed by atoms with Crippen LogP contribution < -0.4 is 4.46 Å². The van der Waals surface area contributed by atoms with E-state index in [2.05, 4.69) is 75.6 Å². The summed E-state index contributed by atoms with van der Waals surface area (Å²) in [5, 5.41) is 1.26. The Balaban J connectivity index is 2.23. The number of nitrogens with one attached hydrogen (secondary N) is 1. The van der Waals surface area contributed by atoms with Gasteiger partial charge in [0.05, 0.1) is 0 Å². The first-order chi connectivity index (χ1) is 7.84. The van der Waals surface area contributed by atoms with Gasteiger partial charge in [0.15, 0.2) is 0 Å². The van der Waals surface area contributed by atoms with Crippen molar-refractivity contribution in [2.75, 3.05) is 0 Å². The van der Waals surface area contributed by atoms with Crippen LogP contribution in [0.25, 0.3) is 22.2 Å². The van der Waals surface area contributed by atoms with Crippen LogP contribution in [0, 0.1) is 0 Å². The van der Waals surface area contributed by atoms with Gasteiger partial charge in [0.1, 0.15) is 0 Å². The number of benzene rings is 2. The third-order valence-corrected chi connectivity index (χ3v) is 3.54. The van der Waals surface area contributed by atoms with E-state index in [0.717, 1.165) is 0 Å². The monoisotopic (exact) mass is 273 g/mol. The maximum absolute atomic E-state index is 3.44. The van der Waals surface area contributed by atoms with Gasteiger partial charge < -0.3 is 0 Å². The molecule has 3 aromatic rings. The van der Waals surface area contributed by atoms with E-state index < -0.39 is 0 Å². The second-order valence-electron chi connectivity index (χ2n) is 3.79. The predicted molar refractivity (Wildman–Crippen MR) is 70.5 cm³/mol. The third-order valence-electron chi connectivity index (χ3n) is 2.72. The molecule has 0 unspecified atom stereocenters. The van der Waals surface area contributed by atoms with Gasteiger partial charge >= 0.3 is 102 Å². The van der Waals surface area contributed by atoms with E-state index >= 15 is 0 Å². The minimum absolute atomic E-state index is 1.18. The van der Waals surface area contributed by atoms with Gasteiger partial charge in [-0.2, -0.15) is 0 Å². The van der Waals surface area contributed by atoms with Crippen LogP contribution in [0.5, 0.6) is 0 Å². The summed E-state index contributed by atoms with van der Waals surface area (Å²) in [6.07, 6.45) is 0. The van der Waals surface area contributed by atoms with E-state index in [1.165, 1.54) is 26.6 Å². The molecule has 2 aromatic carbocycles. The fraction of sp³-hybridized carbons (Fsp3) is 0. The molecule has 0 aliphatic carbocycles. The van der Waals surface area contributed by atoms with E-state index in [4.69, 9.17) is 0 Å². The number of aromatic amines is 1. The van der Waals surface area contributed by atoms with Gasteiger partial charge in [-0.05, 0) is 0 Å². The number of hydrogen-bond acceptors (Lipinski definition) is 0. The molecule has 16 heavy (non-hydrogen) atoms. The van der Waals surface area contributed by atoms with Gasteiger partial charge in [-0.1, -0.05) is 0 Å². The molecule has 78 valence electrons. The second kappa shape index (κ2) is 3.82. The van der Waals surface area contributed by atoms with E-state index in [1.807, 2.05) is 0 Å². The minimum atomic E-state index is 1.18. The normalized spacial score (nSPS) is 10.8. The van der Waals surface area contributed by atoms with Gasteiger partial charge in [0.25, 0.3) is 0 Å². The molecular formula is C14H11NSe. The Kier molecular flexibility index (Phi) is 2.32. The van der Waals surface area contributed by atoms with Crippen LogP contribution in [0.1, 0.15) is 0 Å². The maximum atomic E-state index is 3.44. The average Bonchev–Trinajstić information content (AvgIpc) is 2.73. The molecule has 0 saturated carbocycles. The molecule has 1 heterocycles. The van der Waals surface area contributed by atoms with Crippen LogP contribution in [-0.2, 0) is 0 Å². The van der Waals surface area contributed by atoms with Crippen LogP contribution in [0.15, 0.2) is 54.6 Å². The molecule has 0 atom stereocenters. The van der Waals surface area contributed by atoms with Crippen molar-refractivity contribution in [1.82, 2.24) is 4.98 Å². The zero-order chi connectivity index (χ0) is 11.0. The Morgan fingerprint density at radius 2 is 1.62 bits per heavy atom. The fourth-order valence-corrected chi connectivity index (χ4v) is 2.51. The first kappa shape index (κ1) is 9.71. The Bertz CT molecular complexity index is 607. The summed E-state index contributed by atoms with van der Waals surface area (Å²) < 4.78 is 1.24. The third kappa shape index (κ3) is 1.56. The summed E-state index contributed by atoms with van der Waals surface area (Å²) in [6.45, 7) is 0. The van der Waals surface area contributed by atoms with E-state index in [0.29, 0.717) is 0 Å². The zero-order valence-electron chi connectivity index (χ0n) is 8.64. The summed E-state index contributed by atoms with van der Waals surface area (Å²) in [5.74, 6) is 0. The van der Waals surface area contributed by atoms with Crippen LogP contribution in [0.3, 0.4) is 0 Å². The molecule has 0 radical (unpaired) electrons. The van der Waals surface area contributed by atoms with Crippen molar-refractivity contribution < 1.29 is 0 Å². The number of fused-ring (bicyclic) bond motifs is 1. The van der Waals surface area contributed by atoms with Crippen molar-refractivity contribution in [2.24, 2.45) is 0 Å². The molecule has 1 aromatic heterocycles. The van der Waals surface area contributed by atoms with E-state index in [9.17, 15) is 0 Å². The number of hydrogen-bond donors (Lipinski definition) is 1. The average molecular weight is 272 g/mol. The van der Waals surface area contributed by atoms with Gasteiger partial charge in [-0.3, -0.25) is 0 Å². The summed E-state index contributed by atoms with van der Waals surface area (Å²) in [6, 6.07) is 18.9.